The number of hydrogen-bond donors (Lipinski definition) is 0. The number of halogens is 2. The van der Waals surface area contributed by atoms with Crippen molar-refractivity contribution in [3.63, 3.8) is 0 Å². The van der Waals surface area contributed by atoms with Gasteiger partial charge < -0.3 is 4.90 Å². The van der Waals surface area contributed by atoms with E-state index in [1.54, 1.807) is 12.1 Å². The van der Waals surface area contributed by atoms with Crippen molar-refractivity contribution in [1.82, 2.24) is 0 Å². The summed E-state index contributed by atoms with van der Waals surface area (Å²) in [6, 6.07) is 5.80. The van der Waals surface area contributed by atoms with Crippen molar-refractivity contribution < 1.29 is 4.39 Å². The van der Waals surface area contributed by atoms with E-state index < -0.39 is 0 Å². The summed E-state index contributed by atoms with van der Waals surface area (Å²) in [6.07, 6.45) is 6.35. The highest BCUT2D eigenvalue weighted by atomic mass is 35.5. The highest BCUT2D eigenvalue weighted by molar-refractivity contribution is 6.17. The Morgan fingerprint density at radius 1 is 1.22 bits per heavy atom. The zero-order chi connectivity index (χ0) is 12.5. The number of anilines is 1. The highest BCUT2D eigenvalue weighted by Gasteiger charge is 2.37. The van der Waals surface area contributed by atoms with Gasteiger partial charge in [0.1, 0.15) is 5.82 Å². The average molecular weight is 268 g/mol. The van der Waals surface area contributed by atoms with E-state index in [0.29, 0.717) is 11.9 Å². The van der Waals surface area contributed by atoms with Crippen LogP contribution in [0.4, 0.5) is 10.1 Å². The molecule has 1 aliphatic heterocycles. The number of fused-ring (bicyclic) bond motifs is 1. The van der Waals surface area contributed by atoms with Gasteiger partial charge in [0.15, 0.2) is 0 Å². The first-order valence-corrected chi connectivity index (χ1v) is 7.44. The average Bonchev–Trinajstić information content (AvgIpc) is 2.82. The second-order valence-electron chi connectivity index (χ2n) is 5.48. The summed E-state index contributed by atoms with van der Waals surface area (Å²) < 4.78 is 14.1. The lowest BCUT2D eigenvalue weighted by Crippen LogP contribution is -2.35. The molecule has 0 radical (unpaired) electrons. The van der Waals surface area contributed by atoms with E-state index in [0.717, 1.165) is 23.7 Å². The summed E-state index contributed by atoms with van der Waals surface area (Å²) in [5, 5.41) is 0. The van der Waals surface area contributed by atoms with Crippen LogP contribution in [0.15, 0.2) is 18.2 Å². The molecule has 0 aromatic heterocycles. The maximum absolute atomic E-state index is 14.1. The van der Waals surface area contributed by atoms with Gasteiger partial charge in [0.2, 0.25) is 0 Å². The van der Waals surface area contributed by atoms with Crippen molar-refractivity contribution in [1.29, 1.82) is 0 Å². The molecule has 2 fully saturated rings. The molecule has 1 nitrogen and oxygen atoms in total. The van der Waals surface area contributed by atoms with Gasteiger partial charge in [-0.25, -0.2) is 4.39 Å². The van der Waals surface area contributed by atoms with Gasteiger partial charge in [-0.2, -0.15) is 0 Å². The molecule has 2 aliphatic rings. The van der Waals surface area contributed by atoms with Crippen molar-refractivity contribution in [3.05, 3.63) is 29.6 Å². The molecule has 3 heteroatoms. The topological polar surface area (TPSA) is 3.24 Å². The van der Waals surface area contributed by atoms with Crippen molar-refractivity contribution in [2.75, 3.05) is 11.4 Å². The van der Waals surface area contributed by atoms with Gasteiger partial charge in [-0.15, -0.1) is 11.6 Å². The first-order valence-electron chi connectivity index (χ1n) is 6.91. The number of nitrogens with zero attached hydrogens (tertiary/aromatic N) is 1. The van der Waals surface area contributed by atoms with E-state index in [9.17, 15) is 4.39 Å². The second kappa shape index (κ2) is 5.08. The predicted octanol–water partition coefficient (Wildman–Crippen LogP) is 4.33. The van der Waals surface area contributed by atoms with Gasteiger partial charge in [-0.3, -0.25) is 0 Å². The zero-order valence-corrected chi connectivity index (χ0v) is 11.3. The van der Waals surface area contributed by atoms with Crippen LogP contribution in [0.5, 0.6) is 0 Å². The molecule has 0 amide bonds. The summed E-state index contributed by atoms with van der Waals surface area (Å²) in [5.74, 6) is 1.04. The second-order valence-corrected chi connectivity index (χ2v) is 5.74. The standard InChI is InChI=1S/C15H19ClFN/c16-10-12-5-3-6-13(17)15(12)18-9-8-11-4-1-2-7-14(11)18/h3,5-6,11,14H,1-2,4,7-10H2. The van der Waals surface area contributed by atoms with Gasteiger partial charge >= 0.3 is 0 Å². The first kappa shape index (κ1) is 12.3. The maximum Gasteiger partial charge on any atom is 0.146 e. The largest absolute Gasteiger partial charge is 0.366 e. The molecular formula is C15H19ClFN. The lowest BCUT2D eigenvalue weighted by atomic mass is 9.85. The number of rotatable bonds is 2. The van der Waals surface area contributed by atoms with Crippen molar-refractivity contribution in [2.45, 2.75) is 44.0 Å². The molecule has 2 atom stereocenters. The fourth-order valence-electron chi connectivity index (χ4n) is 3.67. The molecule has 1 aliphatic carbocycles. The zero-order valence-electron chi connectivity index (χ0n) is 10.5. The smallest absolute Gasteiger partial charge is 0.146 e. The lowest BCUT2D eigenvalue weighted by Gasteiger charge is -2.34. The van der Waals surface area contributed by atoms with Crippen molar-refractivity contribution in [2.24, 2.45) is 5.92 Å². The van der Waals surface area contributed by atoms with E-state index in [-0.39, 0.29) is 5.82 Å². The highest BCUT2D eigenvalue weighted by Crippen LogP contribution is 2.41. The number of para-hydroxylation sites is 1. The monoisotopic (exact) mass is 267 g/mol. The summed E-state index contributed by atoms with van der Waals surface area (Å²) in [7, 11) is 0. The Morgan fingerprint density at radius 3 is 2.89 bits per heavy atom. The number of hydrogen-bond acceptors (Lipinski definition) is 1. The lowest BCUT2D eigenvalue weighted by molar-refractivity contribution is 0.341. The summed E-state index contributed by atoms with van der Waals surface area (Å²) >= 11 is 5.96. The molecule has 1 saturated heterocycles. The number of benzene rings is 1. The van der Waals surface area contributed by atoms with Gasteiger partial charge in [0.05, 0.1) is 5.69 Å². The van der Waals surface area contributed by atoms with Crippen LogP contribution < -0.4 is 4.90 Å². The minimum absolute atomic E-state index is 0.112. The molecule has 2 unspecified atom stereocenters. The quantitative estimate of drug-likeness (QED) is 0.721. The Morgan fingerprint density at radius 2 is 2.06 bits per heavy atom. The number of alkyl halides is 1. The Balaban J connectivity index is 1.95. The van der Waals surface area contributed by atoms with Crippen LogP contribution >= 0.6 is 11.6 Å². The van der Waals surface area contributed by atoms with Crippen LogP contribution in [0.1, 0.15) is 37.7 Å². The molecule has 1 saturated carbocycles. The fourth-order valence-corrected chi connectivity index (χ4v) is 3.89. The minimum atomic E-state index is -0.112. The molecular weight excluding hydrogens is 249 g/mol. The van der Waals surface area contributed by atoms with Crippen molar-refractivity contribution in [3.8, 4) is 0 Å². The summed E-state index contributed by atoms with van der Waals surface area (Å²) in [6.45, 7) is 0.986. The van der Waals surface area contributed by atoms with Crippen LogP contribution in [0.2, 0.25) is 0 Å². The minimum Gasteiger partial charge on any atom is -0.366 e. The van der Waals surface area contributed by atoms with E-state index in [1.165, 1.54) is 32.1 Å². The molecule has 1 aromatic rings. The van der Waals surface area contributed by atoms with Crippen LogP contribution in [-0.2, 0) is 5.88 Å². The van der Waals surface area contributed by atoms with Crippen molar-refractivity contribution >= 4 is 17.3 Å². The summed E-state index contributed by atoms with van der Waals surface area (Å²) in [4.78, 5) is 2.29. The SMILES string of the molecule is Fc1cccc(CCl)c1N1CCC2CCCCC21. The Bertz CT molecular complexity index is 435. The van der Waals surface area contributed by atoms with Gasteiger partial charge in [0.25, 0.3) is 0 Å². The third kappa shape index (κ3) is 2.01. The van der Waals surface area contributed by atoms with E-state index in [2.05, 4.69) is 4.90 Å². The Hall–Kier alpha value is -0.760. The van der Waals surface area contributed by atoms with Crippen LogP contribution in [0.25, 0.3) is 0 Å². The third-order valence-corrected chi connectivity index (χ3v) is 4.80. The van der Waals surface area contributed by atoms with E-state index in [4.69, 9.17) is 11.6 Å². The van der Waals surface area contributed by atoms with Crippen LogP contribution in [-0.4, -0.2) is 12.6 Å². The molecule has 98 valence electrons. The van der Waals surface area contributed by atoms with Gasteiger partial charge in [-0.05, 0) is 36.8 Å². The predicted molar refractivity (Wildman–Crippen MR) is 73.7 cm³/mol. The molecule has 0 N–H and O–H groups in total. The fraction of sp³-hybridized carbons (Fsp3) is 0.600. The molecule has 1 aromatic carbocycles. The third-order valence-electron chi connectivity index (χ3n) is 4.51. The molecule has 1 heterocycles. The Labute approximate surface area is 113 Å². The molecule has 18 heavy (non-hydrogen) atoms. The molecule has 3 rings (SSSR count). The van der Waals surface area contributed by atoms with Crippen LogP contribution in [0.3, 0.4) is 0 Å². The molecule has 0 spiro atoms. The normalized spacial score (nSPS) is 27.3. The first-order chi connectivity index (χ1) is 8.81. The van der Waals surface area contributed by atoms with Gasteiger partial charge in [-0.1, -0.05) is 25.0 Å². The van der Waals surface area contributed by atoms with Crippen LogP contribution in [0, 0.1) is 11.7 Å². The Kier molecular flexibility index (Phi) is 3.47. The molecule has 0 bridgehead atoms. The van der Waals surface area contributed by atoms with E-state index in [1.807, 2.05) is 6.07 Å². The van der Waals surface area contributed by atoms with Gasteiger partial charge in [0, 0.05) is 18.5 Å². The van der Waals surface area contributed by atoms with E-state index >= 15 is 0 Å². The summed E-state index contributed by atoms with van der Waals surface area (Å²) in [5.41, 5.74) is 1.70. The maximum atomic E-state index is 14.1.